The number of ether oxygens (including phenoxy) is 1. The number of likely N-dealkylation sites (N-methyl/N-ethyl adjacent to an activating group) is 1. The zero-order valence-corrected chi connectivity index (χ0v) is 11.8. The van der Waals surface area contributed by atoms with Crippen molar-refractivity contribution < 1.29 is 4.74 Å². The van der Waals surface area contributed by atoms with Crippen molar-refractivity contribution >= 4 is 0 Å². The molecule has 1 saturated heterocycles. The standard InChI is InChI=1S/C14H28N2O/c1-11(16(4)13-5-6-13)10-15-12-7-8-17-14(2,3)9-12/h11-13,15H,5-10H2,1-4H3. The Bertz CT molecular complexity index is 251. The number of nitrogens with zero attached hydrogens (tertiary/aromatic N) is 1. The first-order valence-electron chi connectivity index (χ1n) is 7.07. The third-order valence-corrected chi connectivity index (χ3v) is 4.22. The van der Waals surface area contributed by atoms with E-state index in [9.17, 15) is 0 Å². The molecule has 0 aromatic heterocycles. The first-order chi connectivity index (χ1) is 7.98. The van der Waals surface area contributed by atoms with Gasteiger partial charge in [-0.3, -0.25) is 4.90 Å². The molecule has 3 nitrogen and oxygen atoms in total. The molecule has 1 saturated carbocycles. The Kier molecular flexibility index (Phi) is 4.11. The second-order valence-electron chi connectivity index (χ2n) is 6.45. The predicted octanol–water partition coefficient (Wildman–Crippen LogP) is 2.02. The van der Waals surface area contributed by atoms with Crippen LogP contribution in [0.5, 0.6) is 0 Å². The average molecular weight is 240 g/mol. The molecule has 2 aliphatic rings. The van der Waals surface area contributed by atoms with Crippen LogP contribution >= 0.6 is 0 Å². The van der Waals surface area contributed by atoms with Crippen molar-refractivity contribution in [3.8, 4) is 0 Å². The molecule has 1 aliphatic heterocycles. The van der Waals surface area contributed by atoms with Crippen molar-refractivity contribution in [2.24, 2.45) is 0 Å². The van der Waals surface area contributed by atoms with Crippen molar-refractivity contribution in [3.05, 3.63) is 0 Å². The highest BCUT2D eigenvalue weighted by Crippen LogP contribution is 2.27. The average Bonchev–Trinajstić information content (AvgIpc) is 3.07. The van der Waals surface area contributed by atoms with Gasteiger partial charge in [0.2, 0.25) is 0 Å². The maximum Gasteiger partial charge on any atom is 0.0641 e. The lowest BCUT2D eigenvalue weighted by atomic mass is 9.94. The van der Waals surface area contributed by atoms with Crippen molar-refractivity contribution in [1.29, 1.82) is 0 Å². The van der Waals surface area contributed by atoms with Crippen molar-refractivity contribution in [2.45, 2.75) is 70.2 Å². The number of hydrogen-bond acceptors (Lipinski definition) is 3. The van der Waals surface area contributed by atoms with Gasteiger partial charge in [-0.05, 0) is 53.5 Å². The van der Waals surface area contributed by atoms with Gasteiger partial charge in [-0.25, -0.2) is 0 Å². The third-order valence-electron chi connectivity index (χ3n) is 4.22. The molecule has 1 aliphatic carbocycles. The molecule has 1 heterocycles. The zero-order valence-electron chi connectivity index (χ0n) is 11.8. The van der Waals surface area contributed by atoms with Gasteiger partial charge in [0.1, 0.15) is 0 Å². The molecular weight excluding hydrogens is 212 g/mol. The molecule has 0 amide bonds. The zero-order chi connectivity index (χ0) is 12.5. The molecule has 17 heavy (non-hydrogen) atoms. The van der Waals surface area contributed by atoms with Crippen LogP contribution in [-0.4, -0.2) is 48.8 Å². The van der Waals surface area contributed by atoms with E-state index in [0.29, 0.717) is 12.1 Å². The maximum atomic E-state index is 5.75. The summed E-state index contributed by atoms with van der Waals surface area (Å²) >= 11 is 0. The van der Waals surface area contributed by atoms with Crippen LogP contribution in [-0.2, 0) is 4.74 Å². The Morgan fingerprint density at radius 1 is 1.35 bits per heavy atom. The third kappa shape index (κ3) is 3.94. The largest absolute Gasteiger partial charge is 0.375 e. The molecule has 2 unspecified atom stereocenters. The van der Waals surface area contributed by atoms with E-state index in [1.54, 1.807) is 0 Å². The number of nitrogens with one attached hydrogen (secondary N) is 1. The van der Waals surface area contributed by atoms with Crippen LogP contribution in [0.1, 0.15) is 46.5 Å². The highest BCUT2D eigenvalue weighted by atomic mass is 16.5. The van der Waals surface area contributed by atoms with Gasteiger partial charge in [0.25, 0.3) is 0 Å². The minimum atomic E-state index is 0.0571. The van der Waals surface area contributed by atoms with Crippen molar-refractivity contribution in [1.82, 2.24) is 10.2 Å². The lowest BCUT2D eigenvalue weighted by Gasteiger charge is -2.37. The molecule has 2 fully saturated rings. The van der Waals surface area contributed by atoms with E-state index in [0.717, 1.165) is 32.0 Å². The molecule has 0 bridgehead atoms. The Labute approximate surface area is 106 Å². The Morgan fingerprint density at radius 3 is 2.65 bits per heavy atom. The predicted molar refractivity (Wildman–Crippen MR) is 71.3 cm³/mol. The number of hydrogen-bond donors (Lipinski definition) is 1. The monoisotopic (exact) mass is 240 g/mol. The minimum absolute atomic E-state index is 0.0571. The van der Waals surface area contributed by atoms with Gasteiger partial charge in [0.15, 0.2) is 0 Å². The smallest absolute Gasteiger partial charge is 0.0641 e. The van der Waals surface area contributed by atoms with E-state index in [1.165, 1.54) is 12.8 Å². The molecule has 0 radical (unpaired) electrons. The molecule has 2 rings (SSSR count). The lowest BCUT2D eigenvalue weighted by Crippen LogP contribution is -2.48. The maximum absolute atomic E-state index is 5.75. The van der Waals surface area contributed by atoms with Gasteiger partial charge in [0, 0.05) is 31.3 Å². The summed E-state index contributed by atoms with van der Waals surface area (Å²) in [5.41, 5.74) is 0.0571. The Morgan fingerprint density at radius 2 is 2.06 bits per heavy atom. The summed E-state index contributed by atoms with van der Waals surface area (Å²) in [6.07, 6.45) is 5.08. The van der Waals surface area contributed by atoms with E-state index in [4.69, 9.17) is 4.74 Å². The molecule has 0 aromatic rings. The van der Waals surface area contributed by atoms with Gasteiger partial charge in [0.05, 0.1) is 5.60 Å². The molecule has 2 atom stereocenters. The van der Waals surface area contributed by atoms with Crippen LogP contribution in [0.4, 0.5) is 0 Å². The van der Waals surface area contributed by atoms with E-state index in [2.05, 4.69) is 38.0 Å². The topological polar surface area (TPSA) is 24.5 Å². The summed E-state index contributed by atoms with van der Waals surface area (Å²) in [5, 5.41) is 3.72. The van der Waals surface area contributed by atoms with E-state index in [1.807, 2.05) is 0 Å². The molecule has 3 heteroatoms. The summed E-state index contributed by atoms with van der Waals surface area (Å²) in [6.45, 7) is 8.72. The molecule has 0 spiro atoms. The second kappa shape index (κ2) is 5.25. The normalized spacial score (nSPS) is 30.5. The highest BCUT2D eigenvalue weighted by molar-refractivity contribution is 4.88. The molecule has 0 aromatic carbocycles. The van der Waals surface area contributed by atoms with Gasteiger partial charge in [-0.1, -0.05) is 0 Å². The van der Waals surface area contributed by atoms with Gasteiger partial charge in [-0.2, -0.15) is 0 Å². The SMILES string of the molecule is CC(CNC1CCOC(C)(C)C1)N(C)C1CC1. The first-order valence-corrected chi connectivity index (χ1v) is 7.07. The van der Waals surface area contributed by atoms with E-state index in [-0.39, 0.29) is 5.60 Å². The van der Waals surface area contributed by atoms with Crippen molar-refractivity contribution in [3.63, 3.8) is 0 Å². The summed E-state index contributed by atoms with van der Waals surface area (Å²) in [7, 11) is 2.26. The van der Waals surface area contributed by atoms with Crippen LogP contribution in [0.3, 0.4) is 0 Å². The summed E-state index contributed by atoms with van der Waals surface area (Å²) in [6, 6.07) is 2.14. The fourth-order valence-electron chi connectivity index (χ4n) is 2.73. The van der Waals surface area contributed by atoms with Gasteiger partial charge >= 0.3 is 0 Å². The Balaban J connectivity index is 1.70. The molecular formula is C14H28N2O. The van der Waals surface area contributed by atoms with Gasteiger partial charge in [-0.15, -0.1) is 0 Å². The van der Waals surface area contributed by atoms with Crippen LogP contribution in [0.2, 0.25) is 0 Å². The summed E-state index contributed by atoms with van der Waals surface area (Å²) in [4.78, 5) is 2.53. The lowest BCUT2D eigenvalue weighted by molar-refractivity contribution is -0.0633. The second-order valence-corrected chi connectivity index (χ2v) is 6.45. The first kappa shape index (κ1) is 13.3. The summed E-state index contributed by atoms with van der Waals surface area (Å²) in [5.74, 6) is 0. The quantitative estimate of drug-likeness (QED) is 0.795. The van der Waals surface area contributed by atoms with Crippen molar-refractivity contribution in [2.75, 3.05) is 20.2 Å². The van der Waals surface area contributed by atoms with Crippen LogP contribution < -0.4 is 5.32 Å². The summed E-state index contributed by atoms with van der Waals surface area (Å²) < 4.78 is 5.75. The van der Waals surface area contributed by atoms with E-state index < -0.39 is 0 Å². The fourth-order valence-corrected chi connectivity index (χ4v) is 2.73. The highest BCUT2D eigenvalue weighted by Gasteiger charge is 2.31. The minimum Gasteiger partial charge on any atom is -0.375 e. The van der Waals surface area contributed by atoms with E-state index >= 15 is 0 Å². The Hall–Kier alpha value is -0.120. The molecule has 1 N–H and O–H groups in total. The fraction of sp³-hybridized carbons (Fsp3) is 1.00. The van der Waals surface area contributed by atoms with Crippen LogP contribution in [0.25, 0.3) is 0 Å². The van der Waals surface area contributed by atoms with Crippen LogP contribution in [0.15, 0.2) is 0 Å². The number of rotatable bonds is 5. The van der Waals surface area contributed by atoms with Crippen LogP contribution in [0, 0.1) is 0 Å². The molecule has 100 valence electrons. The van der Waals surface area contributed by atoms with Gasteiger partial charge < -0.3 is 10.1 Å².